The molecule has 1 saturated carbocycles. The molecular formula is C11H20N2O2. The summed E-state index contributed by atoms with van der Waals surface area (Å²) in [5.41, 5.74) is 5.16. The van der Waals surface area contributed by atoms with Crippen molar-refractivity contribution in [3.63, 3.8) is 0 Å². The molecule has 2 rings (SSSR count). The van der Waals surface area contributed by atoms with Crippen LogP contribution in [0.2, 0.25) is 0 Å². The molecule has 1 atom stereocenters. The van der Waals surface area contributed by atoms with Crippen molar-refractivity contribution in [1.82, 2.24) is 5.32 Å². The number of nitrogens with one attached hydrogen (secondary N) is 1. The Kier molecular flexibility index (Phi) is 3.26. The van der Waals surface area contributed by atoms with E-state index in [1.807, 2.05) is 0 Å². The Morgan fingerprint density at radius 1 is 1.53 bits per heavy atom. The summed E-state index contributed by atoms with van der Waals surface area (Å²) < 4.78 is 5.16. The molecule has 4 heteroatoms. The standard InChI is InChI=1S/C11H20N2O2/c12-11(5-7-15-8-11)10(14)13-6-4-9-2-1-3-9/h9H,1-8,12H2,(H,13,14). The topological polar surface area (TPSA) is 64.4 Å². The third kappa shape index (κ3) is 2.49. The van der Waals surface area contributed by atoms with Gasteiger partial charge in [0.2, 0.25) is 5.91 Å². The first-order chi connectivity index (χ1) is 7.21. The molecule has 2 fully saturated rings. The SMILES string of the molecule is NC1(C(=O)NCCC2CCC2)CCOC1. The van der Waals surface area contributed by atoms with Gasteiger partial charge in [-0.3, -0.25) is 4.79 Å². The maximum atomic E-state index is 11.7. The summed E-state index contributed by atoms with van der Waals surface area (Å²) in [4.78, 5) is 11.7. The second kappa shape index (κ2) is 4.49. The van der Waals surface area contributed by atoms with Crippen LogP contribution in [0.15, 0.2) is 0 Å². The zero-order valence-corrected chi connectivity index (χ0v) is 9.13. The molecule has 2 aliphatic rings. The first-order valence-electron chi connectivity index (χ1n) is 5.86. The third-order valence-electron chi connectivity index (χ3n) is 3.57. The molecule has 1 saturated heterocycles. The minimum absolute atomic E-state index is 0.0423. The van der Waals surface area contributed by atoms with E-state index >= 15 is 0 Å². The van der Waals surface area contributed by atoms with Crippen LogP contribution in [0.25, 0.3) is 0 Å². The zero-order valence-electron chi connectivity index (χ0n) is 9.13. The van der Waals surface area contributed by atoms with Crippen LogP contribution in [-0.2, 0) is 9.53 Å². The quantitative estimate of drug-likeness (QED) is 0.709. The number of hydrogen-bond acceptors (Lipinski definition) is 3. The van der Waals surface area contributed by atoms with E-state index in [1.54, 1.807) is 0 Å². The maximum absolute atomic E-state index is 11.7. The van der Waals surface area contributed by atoms with Gasteiger partial charge in [0.1, 0.15) is 5.54 Å². The molecule has 0 aromatic carbocycles. The first-order valence-corrected chi connectivity index (χ1v) is 5.86. The Morgan fingerprint density at radius 3 is 2.87 bits per heavy atom. The van der Waals surface area contributed by atoms with E-state index in [9.17, 15) is 4.79 Å². The van der Waals surface area contributed by atoms with Crippen molar-refractivity contribution >= 4 is 5.91 Å². The molecule has 1 unspecified atom stereocenters. The van der Waals surface area contributed by atoms with Crippen LogP contribution >= 0.6 is 0 Å². The van der Waals surface area contributed by atoms with E-state index in [4.69, 9.17) is 10.5 Å². The molecule has 1 amide bonds. The Hall–Kier alpha value is -0.610. The van der Waals surface area contributed by atoms with Gasteiger partial charge in [-0.05, 0) is 18.8 Å². The van der Waals surface area contributed by atoms with Crippen molar-refractivity contribution in [2.75, 3.05) is 19.8 Å². The number of nitrogens with two attached hydrogens (primary N) is 1. The van der Waals surface area contributed by atoms with Gasteiger partial charge in [-0.2, -0.15) is 0 Å². The van der Waals surface area contributed by atoms with Crippen LogP contribution in [0.3, 0.4) is 0 Å². The molecule has 0 spiro atoms. The lowest BCUT2D eigenvalue weighted by Crippen LogP contribution is -2.54. The van der Waals surface area contributed by atoms with Gasteiger partial charge >= 0.3 is 0 Å². The number of rotatable bonds is 4. The van der Waals surface area contributed by atoms with Gasteiger partial charge < -0.3 is 15.8 Å². The van der Waals surface area contributed by atoms with E-state index in [2.05, 4.69) is 5.32 Å². The summed E-state index contributed by atoms with van der Waals surface area (Å²) >= 11 is 0. The van der Waals surface area contributed by atoms with Gasteiger partial charge in [0.25, 0.3) is 0 Å². The molecular weight excluding hydrogens is 192 g/mol. The highest BCUT2D eigenvalue weighted by atomic mass is 16.5. The summed E-state index contributed by atoms with van der Waals surface area (Å²) in [5, 5.41) is 2.92. The molecule has 1 aliphatic carbocycles. The average molecular weight is 212 g/mol. The van der Waals surface area contributed by atoms with Crippen LogP contribution in [0.4, 0.5) is 0 Å². The number of carbonyl (C=O) groups excluding carboxylic acids is 1. The van der Waals surface area contributed by atoms with Gasteiger partial charge in [-0.25, -0.2) is 0 Å². The minimum Gasteiger partial charge on any atom is -0.379 e. The molecule has 15 heavy (non-hydrogen) atoms. The lowest BCUT2D eigenvalue weighted by atomic mass is 9.83. The smallest absolute Gasteiger partial charge is 0.242 e. The van der Waals surface area contributed by atoms with Crippen LogP contribution < -0.4 is 11.1 Å². The highest BCUT2D eigenvalue weighted by Crippen LogP contribution is 2.28. The Balaban J connectivity index is 1.67. The highest BCUT2D eigenvalue weighted by Gasteiger charge is 2.37. The van der Waals surface area contributed by atoms with Crippen LogP contribution in [0, 0.1) is 5.92 Å². The van der Waals surface area contributed by atoms with E-state index in [-0.39, 0.29) is 5.91 Å². The summed E-state index contributed by atoms with van der Waals surface area (Å²) in [6.45, 7) is 1.73. The Labute approximate surface area is 90.5 Å². The summed E-state index contributed by atoms with van der Waals surface area (Å²) in [6.07, 6.45) is 5.75. The summed E-state index contributed by atoms with van der Waals surface area (Å²) in [7, 11) is 0. The van der Waals surface area contributed by atoms with Gasteiger partial charge in [0.15, 0.2) is 0 Å². The predicted octanol–water partition coefficient (Wildman–Crippen LogP) is 0.411. The fraction of sp³-hybridized carbons (Fsp3) is 0.909. The third-order valence-corrected chi connectivity index (χ3v) is 3.57. The van der Waals surface area contributed by atoms with E-state index in [1.165, 1.54) is 19.3 Å². The summed E-state index contributed by atoms with van der Waals surface area (Å²) in [5.74, 6) is 0.790. The van der Waals surface area contributed by atoms with E-state index in [0.717, 1.165) is 18.9 Å². The fourth-order valence-electron chi connectivity index (χ4n) is 2.11. The van der Waals surface area contributed by atoms with Crippen molar-refractivity contribution in [2.45, 2.75) is 37.6 Å². The molecule has 0 radical (unpaired) electrons. The average Bonchev–Trinajstić information content (AvgIpc) is 2.58. The maximum Gasteiger partial charge on any atom is 0.242 e. The second-order valence-electron chi connectivity index (χ2n) is 4.80. The van der Waals surface area contributed by atoms with Crippen molar-refractivity contribution in [3.05, 3.63) is 0 Å². The molecule has 0 aromatic rings. The molecule has 0 bridgehead atoms. The molecule has 3 N–H and O–H groups in total. The number of amides is 1. The lowest BCUT2D eigenvalue weighted by Gasteiger charge is -2.26. The van der Waals surface area contributed by atoms with Gasteiger partial charge in [-0.15, -0.1) is 0 Å². The number of ether oxygens (including phenoxy) is 1. The highest BCUT2D eigenvalue weighted by molar-refractivity contribution is 5.86. The molecule has 0 aromatic heterocycles. The van der Waals surface area contributed by atoms with Gasteiger partial charge in [-0.1, -0.05) is 19.3 Å². The largest absolute Gasteiger partial charge is 0.379 e. The zero-order chi connectivity index (χ0) is 10.7. The van der Waals surface area contributed by atoms with Crippen molar-refractivity contribution < 1.29 is 9.53 Å². The lowest BCUT2D eigenvalue weighted by molar-refractivity contribution is -0.126. The van der Waals surface area contributed by atoms with Crippen molar-refractivity contribution in [2.24, 2.45) is 11.7 Å². The van der Waals surface area contributed by atoms with Gasteiger partial charge in [0.05, 0.1) is 6.61 Å². The predicted molar refractivity (Wildman–Crippen MR) is 57.3 cm³/mol. The van der Waals surface area contributed by atoms with Crippen LogP contribution in [0.1, 0.15) is 32.1 Å². The van der Waals surface area contributed by atoms with Crippen molar-refractivity contribution in [1.29, 1.82) is 0 Å². The van der Waals surface area contributed by atoms with Crippen LogP contribution in [0.5, 0.6) is 0 Å². The van der Waals surface area contributed by atoms with Crippen molar-refractivity contribution in [3.8, 4) is 0 Å². The molecule has 4 nitrogen and oxygen atoms in total. The monoisotopic (exact) mass is 212 g/mol. The first kappa shape index (κ1) is 10.9. The molecule has 86 valence electrons. The van der Waals surface area contributed by atoms with E-state index in [0.29, 0.717) is 19.6 Å². The summed E-state index contributed by atoms with van der Waals surface area (Å²) in [6, 6.07) is 0. The van der Waals surface area contributed by atoms with E-state index < -0.39 is 5.54 Å². The molecule has 1 heterocycles. The van der Waals surface area contributed by atoms with Gasteiger partial charge in [0, 0.05) is 13.2 Å². The Morgan fingerprint density at radius 2 is 2.33 bits per heavy atom. The fourth-order valence-corrected chi connectivity index (χ4v) is 2.11. The number of hydrogen-bond donors (Lipinski definition) is 2. The minimum atomic E-state index is -0.764. The Bertz CT molecular complexity index is 233. The number of carbonyl (C=O) groups is 1. The second-order valence-corrected chi connectivity index (χ2v) is 4.80. The van der Waals surface area contributed by atoms with Crippen LogP contribution in [-0.4, -0.2) is 31.2 Å². The molecule has 1 aliphatic heterocycles. The normalized spacial score (nSPS) is 31.3.